The van der Waals surface area contributed by atoms with E-state index in [0.29, 0.717) is 30.3 Å². The van der Waals surface area contributed by atoms with Crippen LogP contribution in [0.3, 0.4) is 0 Å². The molecule has 1 saturated heterocycles. The Kier molecular flexibility index (Phi) is 7.51. The number of amides is 1. The lowest BCUT2D eigenvalue weighted by atomic mass is 9.93. The van der Waals surface area contributed by atoms with Gasteiger partial charge in [-0.2, -0.15) is 0 Å². The van der Waals surface area contributed by atoms with Gasteiger partial charge in [0.15, 0.2) is 9.84 Å². The van der Waals surface area contributed by atoms with Crippen LogP contribution in [-0.4, -0.2) is 62.1 Å². The largest absolute Gasteiger partial charge is 0.420 e. The monoisotopic (exact) mass is 577 g/mol. The van der Waals surface area contributed by atoms with E-state index in [1.807, 2.05) is 13.8 Å². The van der Waals surface area contributed by atoms with Gasteiger partial charge in [-0.15, -0.1) is 10.2 Å². The summed E-state index contributed by atoms with van der Waals surface area (Å²) in [5, 5.41) is 12.1. The molecule has 0 bridgehead atoms. The molecule has 0 aliphatic carbocycles. The van der Waals surface area contributed by atoms with Gasteiger partial charge >= 0.3 is 0 Å². The third-order valence-corrected chi connectivity index (χ3v) is 8.95. The second-order valence-electron chi connectivity index (χ2n) is 10.5. The zero-order chi connectivity index (χ0) is 27.9. The molecule has 208 valence electrons. The van der Waals surface area contributed by atoms with Gasteiger partial charge in [-0.1, -0.05) is 23.7 Å². The number of nitrogens with zero attached hydrogens (tertiary/aromatic N) is 3. The van der Waals surface area contributed by atoms with Gasteiger partial charge in [-0.25, -0.2) is 12.8 Å². The van der Waals surface area contributed by atoms with Crippen LogP contribution in [0.25, 0.3) is 11.5 Å². The summed E-state index contributed by atoms with van der Waals surface area (Å²) in [6.07, 6.45) is 0.906. The summed E-state index contributed by atoms with van der Waals surface area (Å²) in [7, 11) is -4.08. The van der Waals surface area contributed by atoms with Gasteiger partial charge in [0, 0.05) is 24.2 Å². The van der Waals surface area contributed by atoms with Crippen LogP contribution in [0.4, 0.5) is 10.1 Å². The number of aromatic nitrogens is 2. The van der Waals surface area contributed by atoms with Crippen LogP contribution in [0, 0.1) is 5.82 Å². The first-order chi connectivity index (χ1) is 18.4. The predicted octanol–water partition coefficient (Wildman–Crippen LogP) is 2.83. The molecule has 2 aliphatic heterocycles. The van der Waals surface area contributed by atoms with E-state index in [4.69, 9.17) is 26.5 Å². The van der Waals surface area contributed by atoms with E-state index in [9.17, 15) is 13.2 Å². The van der Waals surface area contributed by atoms with E-state index < -0.39 is 38.8 Å². The molecule has 3 N–H and O–H groups in total. The lowest BCUT2D eigenvalue weighted by molar-refractivity contribution is -0.119. The summed E-state index contributed by atoms with van der Waals surface area (Å²) in [6, 6.07) is 7.78. The normalized spacial score (nSPS) is 21.2. The molecule has 2 aromatic carbocycles. The van der Waals surface area contributed by atoms with Gasteiger partial charge in [-0.05, 0) is 50.1 Å². The van der Waals surface area contributed by atoms with Gasteiger partial charge in [-0.3, -0.25) is 4.79 Å². The first-order valence-electron chi connectivity index (χ1n) is 12.5. The van der Waals surface area contributed by atoms with Crippen LogP contribution < -0.4 is 16.0 Å². The Morgan fingerprint density at radius 3 is 2.67 bits per heavy atom. The average molecular weight is 578 g/mol. The molecule has 0 radical (unpaired) electrons. The summed E-state index contributed by atoms with van der Waals surface area (Å²) in [6.45, 7) is 5.69. The first-order valence-corrected chi connectivity index (χ1v) is 14.5. The van der Waals surface area contributed by atoms with Crippen molar-refractivity contribution < 1.29 is 26.8 Å². The smallest absolute Gasteiger partial charge is 0.250 e. The van der Waals surface area contributed by atoms with Crippen molar-refractivity contribution in [3.05, 3.63) is 58.7 Å². The Bertz CT molecular complexity index is 1490. The molecule has 3 aromatic rings. The van der Waals surface area contributed by atoms with Crippen molar-refractivity contribution in [1.82, 2.24) is 15.5 Å². The Balaban J connectivity index is 1.52. The second-order valence-corrected chi connectivity index (χ2v) is 12.9. The van der Waals surface area contributed by atoms with Gasteiger partial charge in [0.25, 0.3) is 5.89 Å². The van der Waals surface area contributed by atoms with Crippen LogP contribution in [0.1, 0.15) is 31.7 Å². The van der Waals surface area contributed by atoms with Crippen molar-refractivity contribution in [2.45, 2.75) is 49.2 Å². The van der Waals surface area contributed by atoms with Gasteiger partial charge in [0.05, 0.1) is 46.5 Å². The van der Waals surface area contributed by atoms with E-state index >= 15 is 4.39 Å². The van der Waals surface area contributed by atoms with Gasteiger partial charge < -0.3 is 25.1 Å². The molecule has 0 saturated carbocycles. The van der Waals surface area contributed by atoms with Crippen molar-refractivity contribution in [3.8, 4) is 11.5 Å². The Hall–Kier alpha value is -2.90. The summed E-state index contributed by atoms with van der Waals surface area (Å²) in [5.74, 6) is -1.98. The number of fused-ring (bicyclic) bond motifs is 1. The third kappa shape index (κ3) is 5.71. The highest BCUT2D eigenvalue weighted by Gasteiger charge is 2.38. The molecular formula is C26H29ClFN5O5S. The molecule has 1 amide bonds. The fraction of sp³-hybridized carbons (Fsp3) is 0.423. The number of hydrogen-bond acceptors (Lipinski definition) is 9. The fourth-order valence-electron chi connectivity index (χ4n) is 4.60. The molecular weight excluding hydrogens is 549 g/mol. The highest BCUT2D eigenvalue weighted by Crippen LogP contribution is 2.37. The zero-order valence-corrected chi connectivity index (χ0v) is 23.1. The number of nitrogens with two attached hydrogens (primary N) is 1. The molecule has 1 unspecified atom stereocenters. The number of benzene rings is 2. The van der Waals surface area contributed by atoms with E-state index in [1.54, 1.807) is 24.3 Å². The van der Waals surface area contributed by atoms with E-state index in [1.165, 1.54) is 11.0 Å². The average Bonchev–Trinajstić information content (AvgIpc) is 3.58. The molecule has 2 aliphatic rings. The van der Waals surface area contributed by atoms with Crippen LogP contribution in [0.15, 0.2) is 45.7 Å². The van der Waals surface area contributed by atoms with Gasteiger partial charge in [0.1, 0.15) is 5.82 Å². The Labute approximate surface area is 230 Å². The van der Waals surface area contributed by atoms with Crippen molar-refractivity contribution in [2.24, 2.45) is 5.73 Å². The molecule has 3 heterocycles. The number of sulfone groups is 1. The van der Waals surface area contributed by atoms with Crippen molar-refractivity contribution >= 4 is 33.0 Å². The number of hydrogen-bond donors (Lipinski definition) is 2. The third-order valence-electron chi connectivity index (χ3n) is 6.91. The summed E-state index contributed by atoms with van der Waals surface area (Å²) < 4.78 is 52.9. The van der Waals surface area contributed by atoms with E-state index in [-0.39, 0.29) is 40.5 Å². The van der Waals surface area contributed by atoms with Crippen LogP contribution >= 0.6 is 11.6 Å². The van der Waals surface area contributed by atoms with Gasteiger partial charge in [0.2, 0.25) is 11.8 Å². The minimum absolute atomic E-state index is 0.00401. The number of carbonyl (C=O) groups excluding carboxylic acids is 1. The van der Waals surface area contributed by atoms with Crippen molar-refractivity contribution in [3.63, 3.8) is 0 Å². The highest BCUT2D eigenvalue weighted by molar-refractivity contribution is 7.91. The number of ether oxygens (including phenoxy) is 1. The highest BCUT2D eigenvalue weighted by atomic mass is 35.5. The molecule has 5 rings (SSSR count). The number of anilines is 1. The molecule has 13 heteroatoms. The van der Waals surface area contributed by atoms with Crippen molar-refractivity contribution in [2.75, 3.05) is 30.4 Å². The number of rotatable bonds is 7. The lowest BCUT2D eigenvalue weighted by Crippen LogP contribution is -2.45. The molecule has 2 atom stereocenters. The topological polar surface area (TPSA) is 141 Å². The second kappa shape index (κ2) is 10.6. The number of nitrogens with one attached hydrogen (secondary N) is 1. The molecule has 10 nitrogen and oxygen atoms in total. The Morgan fingerprint density at radius 1 is 1.23 bits per heavy atom. The van der Waals surface area contributed by atoms with E-state index in [0.717, 1.165) is 12.5 Å². The van der Waals surface area contributed by atoms with Crippen LogP contribution in [-0.2, 0) is 31.3 Å². The minimum atomic E-state index is -4.08. The number of carbonyl (C=O) groups is 1. The van der Waals surface area contributed by atoms with Crippen molar-refractivity contribution in [1.29, 1.82) is 0 Å². The molecule has 1 fully saturated rings. The molecule has 1 aromatic heterocycles. The summed E-state index contributed by atoms with van der Waals surface area (Å²) in [4.78, 5) is 14.2. The quantitative estimate of drug-likeness (QED) is 0.433. The Morgan fingerprint density at radius 2 is 1.97 bits per heavy atom. The zero-order valence-electron chi connectivity index (χ0n) is 21.5. The lowest BCUT2D eigenvalue weighted by Gasteiger charge is -2.24. The maximum atomic E-state index is 15.4. The number of halogens is 2. The fourth-order valence-corrected chi connectivity index (χ4v) is 6.29. The first kappa shape index (κ1) is 27.7. The molecule has 0 spiro atoms. The van der Waals surface area contributed by atoms with E-state index in [2.05, 4.69) is 15.5 Å². The predicted molar refractivity (Wildman–Crippen MR) is 143 cm³/mol. The van der Waals surface area contributed by atoms with Crippen LogP contribution in [0.2, 0.25) is 5.02 Å². The maximum Gasteiger partial charge on any atom is 0.250 e. The maximum absolute atomic E-state index is 15.4. The SMILES string of the molecule is CC(C)(CNC1CCOC1)c1nnc(-c2cc3c(cc2F)S(=O)(=O)C[C@H](N)C(=O)N3Cc2ccc(Cl)cc2)o1. The minimum Gasteiger partial charge on any atom is -0.420 e. The summed E-state index contributed by atoms with van der Waals surface area (Å²) >= 11 is 5.99. The molecule has 39 heavy (non-hydrogen) atoms. The summed E-state index contributed by atoms with van der Waals surface area (Å²) in [5.41, 5.74) is 5.93. The van der Waals surface area contributed by atoms with Crippen LogP contribution in [0.5, 0.6) is 0 Å². The standard InChI is InChI=1S/C26H29ClFN5O5S/c1-26(2,14-30-17-7-8-37-12-17)25-32-31-23(38-25)18-9-21-22(10-19(18)28)39(35,36)13-20(29)24(34)33(21)11-15-3-5-16(27)6-4-15/h3-6,9-10,17,20,30H,7-8,11-14,29H2,1-2H3/t17?,20-/m0/s1.